The number of rotatable bonds is 1. The Kier molecular flexibility index (Phi) is 4.46. The van der Waals surface area contributed by atoms with Crippen LogP contribution >= 0.6 is 0 Å². The highest BCUT2D eigenvalue weighted by Gasteiger charge is 2.55. The number of benzene rings is 5. The number of para-hydroxylation sites is 1. The van der Waals surface area contributed by atoms with Gasteiger partial charge in [0, 0.05) is 40.5 Å². The number of esters is 1. The van der Waals surface area contributed by atoms with Gasteiger partial charge in [0.05, 0.1) is 11.1 Å². The first-order chi connectivity index (χ1) is 19.3. The van der Waals surface area contributed by atoms with Gasteiger partial charge in [-0.15, -0.1) is 0 Å². The second-order valence-electron chi connectivity index (χ2n) is 11.3. The molecule has 5 aromatic rings. The largest absolute Gasteiger partial charge is 0.456 e. The van der Waals surface area contributed by atoms with Crippen LogP contribution in [0.3, 0.4) is 0 Å². The van der Waals surface area contributed by atoms with Crippen LogP contribution in [-0.4, -0.2) is 12.5 Å². The van der Waals surface area contributed by atoms with Gasteiger partial charge in [-0.3, -0.25) is 0 Å². The maximum Gasteiger partial charge on any atom is 0.340 e. The van der Waals surface area contributed by atoms with Crippen molar-refractivity contribution in [2.24, 2.45) is 0 Å². The highest BCUT2D eigenvalue weighted by molar-refractivity contribution is 6.00. The van der Waals surface area contributed by atoms with Crippen molar-refractivity contribution in [2.45, 2.75) is 24.9 Å². The van der Waals surface area contributed by atoms with Gasteiger partial charge in [-0.2, -0.15) is 0 Å². The number of hydrogen-bond acceptors (Lipinski definition) is 4. The summed E-state index contributed by atoms with van der Waals surface area (Å²) in [7, 11) is 0. The first-order valence-electron chi connectivity index (χ1n) is 13.2. The standard InChI is InChI=1S/C34H23F2NO3/c1-33(2)18-37(28-10-6-5-9-23(28)33)20-12-13-24-30(15-20)39-29-14-11-19-7-3-4-8-21(19)31(29)34(24)25-17-27(36)26(35)16-22(25)32(38)40-34/h3-17H,18H2,1-2H3. The molecule has 3 aliphatic heterocycles. The first-order valence-corrected chi connectivity index (χ1v) is 13.2. The number of fused-ring (bicyclic) bond motifs is 9. The lowest BCUT2D eigenvalue weighted by Crippen LogP contribution is -2.33. The van der Waals surface area contributed by atoms with Crippen LogP contribution in [0.25, 0.3) is 10.8 Å². The van der Waals surface area contributed by atoms with Crippen molar-refractivity contribution in [1.82, 2.24) is 0 Å². The van der Waals surface area contributed by atoms with E-state index in [1.807, 2.05) is 60.7 Å². The molecule has 4 nitrogen and oxygen atoms in total. The summed E-state index contributed by atoms with van der Waals surface area (Å²) in [5.74, 6) is -1.86. The zero-order valence-corrected chi connectivity index (χ0v) is 21.8. The molecule has 5 aromatic carbocycles. The van der Waals surface area contributed by atoms with Gasteiger partial charge >= 0.3 is 5.97 Å². The number of carbonyl (C=O) groups excluding carboxylic acids is 1. The molecule has 40 heavy (non-hydrogen) atoms. The normalized spacial score (nSPS) is 19.6. The highest BCUT2D eigenvalue weighted by Crippen LogP contribution is 2.59. The van der Waals surface area contributed by atoms with Crippen LogP contribution in [0.2, 0.25) is 0 Å². The number of ether oxygens (including phenoxy) is 2. The monoisotopic (exact) mass is 531 g/mol. The maximum absolute atomic E-state index is 14.8. The molecule has 1 unspecified atom stereocenters. The van der Waals surface area contributed by atoms with E-state index < -0.39 is 23.2 Å². The molecule has 1 atom stereocenters. The Balaban J connectivity index is 1.40. The molecule has 0 aromatic heterocycles. The van der Waals surface area contributed by atoms with Crippen molar-refractivity contribution in [3.8, 4) is 11.5 Å². The van der Waals surface area contributed by atoms with Crippen LogP contribution in [0.4, 0.5) is 20.2 Å². The van der Waals surface area contributed by atoms with Gasteiger partial charge in [0.1, 0.15) is 11.5 Å². The van der Waals surface area contributed by atoms with Crippen LogP contribution < -0.4 is 9.64 Å². The molecule has 3 aliphatic rings. The number of halogens is 2. The summed E-state index contributed by atoms with van der Waals surface area (Å²) in [6.45, 7) is 5.22. The summed E-state index contributed by atoms with van der Waals surface area (Å²) < 4.78 is 41.9. The van der Waals surface area contributed by atoms with E-state index in [-0.39, 0.29) is 16.5 Å². The molecular formula is C34H23F2NO3. The fourth-order valence-electron chi connectivity index (χ4n) is 6.73. The summed E-state index contributed by atoms with van der Waals surface area (Å²) >= 11 is 0. The Morgan fingerprint density at radius 2 is 1.55 bits per heavy atom. The SMILES string of the molecule is CC1(C)CN(c2ccc3c(c2)Oc2ccc4ccccc4c2C32OC(=O)c3cc(F)c(F)cc32)c2ccccc21. The molecule has 0 bridgehead atoms. The number of nitrogens with zero attached hydrogens (tertiary/aromatic N) is 1. The Morgan fingerprint density at radius 3 is 2.42 bits per heavy atom. The average Bonchev–Trinajstić information content (AvgIpc) is 3.39. The molecule has 8 rings (SSSR count). The molecular weight excluding hydrogens is 508 g/mol. The van der Waals surface area contributed by atoms with E-state index in [0.29, 0.717) is 22.6 Å². The smallest absolute Gasteiger partial charge is 0.340 e. The molecule has 0 amide bonds. The molecule has 0 saturated heterocycles. The minimum absolute atomic E-state index is 0.00457. The lowest BCUT2D eigenvalue weighted by Gasteiger charge is -2.38. The third-order valence-electron chi connectivity index (χ3n) is 8.50. The molecule has 0 radical (unpaired) electrons. The first kappa shape index (κ1) is 23.2. The van der Waals surface area contributed by atoms with Crippen molar-refractivity contribution in [3.63, 3.8) is 0 Å². The minimum atomic E-state index is -1.51. The number of anilines is 2. The molecule has 0 saturated carbocycles. The van der Waals surface area contributed by atoms with E-state index in [9.17, 15) is 13.6 Å². The average molecular weight is 532 g/mol. The number of hydrogen-bond donors (Lipinski definition) is 0. The number of carbonyl (C=O) groups is 1. The second-order valence-corrected chi connectivity index (χ2v) is 11.3. The Hall–Kier alpha value is -4.71. The Labute approximate surface area is 229 Å². The third-order valence-corrected chi connectivity index (χ3v) is 8.50. The third kappa shape index (κ3) is 2.91. The lowest BCUT2D eigenvalue weighted by atomic mass is 9.75. The van der Waals surface area contributed by atoms with Crippen molar-refractivity contribution >= 4 is 28.1 Å². The fourth-order valence-corrected chi connectivity index (χ4v) is 6.73. The quantitative estimate of drug-likeness (QED) is 0.205. The van der Waals surface area contributed by atoms with Crippen molar-refractivity contribution < 1.29 is 23.0 Å². The van der Waals surface area contributed by atoms with Crippen molar-refractivity contribution in [1.29, 1.82) is 0 Å². The predicted molar refractivity (Wildman–Crippen MR) is 149 cm³/mol. The van der Waals surface area contributed by atoms with E-state index >= 15 is 0 Å². The molecule has 0 fully saturated rings. The van der Waals surface area contributed by atoms with Gasteiger partial charge in [0.2, 0.25) is 0 Å². The summed E-state index contributed by atoms with van der Waals surface area (Å²) in [5, 5.41) is 1.71. The van der Waals surface area contributed by atoms with Gasteiger partial charge in [-0.25, -0.2) is 13.6 Å². The topological polar surface area (TPSA) is 38.8 Å². The van der Waals surface area contributed by atoms with E-state index in [0.717, 1.165) is 40.8 Å². The Bertz CT molecular complexity index is 1930. The van der Waals surface area contributed by atoms with Gasteiger partial charge in [-0.05, 0) is 52.7 Å². The van der Waals surface area contributed by atoms with E-state index in [4.69, 9.17) is 9.47 Å². The zero-order chi connectivity index (χ0) is 27.4. The van der Waals surface area contributed by atoms with Crippen LogP contribution in [-0.2, 0) is 15.8 Å². The van der Waals surface area contributed by atoms with Crippen LogP contribution in [0.15, 0.2) is 91.0 Å². The van der Waals surface area contributed by atoms with Crippen LogP contribution in [0.1, 0.15) is 46.5 Å². The van der Waals surface area contributed by atoms with Gasteiger partial charge < -0.3 is 14.4 Å². The summed E-state index contributed by atoms with van der Waals surface area (Å²) in [4.78, 5) is 15.5. The summed E-state index contributed by atoms with van der Waals surface area (Å²) in [6, 6.07) is 27.6. The highest BCUT2D eigenvalue weighted by atomic mass is 19.2. The predicted octanol–water partition coefficient (Wildman–Crippen LogP) is 8.12. The van der Waals surface area contributed by atoms with E-state index in [2.05, 4.69) is 36.9 Å². The molecule has 1 spiro atoms. The van der Waals surface area contributed by atoms with E-state index in [1.165, 1.54) is 5.56 Å². The van der Waals surface area contributed by atoms with Crippen LogP contribution in [0.5, 0.6) is 11.5 Å². The van der Waals surface area contributed by atoms with Crippen molar-refractivity contribution in [2.75, 3.05) is 11.4 Å². The molecule has 196 valence electrons. The van der Waals surface area contributed by atoms with Gasteiger partial charge in [0.15, 0.2) is 17.2 Å². The van der Waals surface area contributed by atoms with E-state index in [1.54, 1.807) is 0 Å². The minimum Gasteiger partial charge on any atom is -0.456 e. The summed E-state index contributed by atoms with van der Waals surface area (Å²) in [6.07, 6.45) is 0. The maximum atomic E-state index is 14.8. The molecule has 0 aliphatic carbocycles. The van der Waals surface area contributed by atoms with Gasteiger partial charge in [0.25, 0.3) is 0 Å². The molecule has 6 heteroatoms. The Morgan fingerprint density at radius 1 is 0.775 bits per heavy atom. The van der Waals surface area contributed by atoms with Gasteiger partial charge in [-0.1, -0.05) is 62.4 Å². The molecule has 3 heterocycles. The van der Waals surface area contributed by atoms with Crippen LogP contribution in [0, 0.1) is 11.6 Å². The zero-order valence-electron chi connectivity index (χ0n) is 21.8. The molecule has 0 N–H and O–H groups in total. The fraction of sp³-hybridized carbons (Fsp3) is 0.147. The second kappa shape index (κ2) is 7.69. The lowest BCUT2D eigenvalue weighted by molar-refractivity contribution is 0.0229. The van der Waals surface area contributed by atoms with Crippen molar-refractivity contribution in [3.05, 3.63) is 130 Å². The summed E-state index contributed by atoms with van der Waals surface area (Å²) in [5.41, 5.74) is 3.17.